The van der Waals surface area contributed by atoms with Crippen LogP contribution in [0.25, 0.3) is 0 Å². The van der Waals surface area contributed by atoms with Gasteiger partial charge in [-0.1, -0.05) is 0 Å². The van der Waals surface area contributed by atoms with Gasteiger partial charge in [0.1, 0.15) is 5.75 Å². The molecular formula is C12H20N2O3. The van der Waals surface area contributed by atoms with Gasteiger partial charge in [0, 0.05) is 36.9 Å². The molecule has 1 heterocycles. The van der Waals surface area contributed by atoms with Crippen LogP contribution in [-0.2, 0) is 11.3 Å². The third kappa shape index (κ3) is 2.94. The summed E-state index contributed by atoms with van der Waals surface area (Å²) >= 11 is 0. The fraction of sp³-hybridized carbons (Fsp3) is 0.583. The molecular weight excluding hydrogens is 220 g/mol. The summed E-state index contributed by atoms with van der Waals surface area (Å²) in [7, 11) is 3.21. The van der Waals surface area contributed by atoms with E-state index in [9.17, 15) is 5.11 Å². The summed E-state index contributed by atoms with van der Waals surface area (Å²) in [5.74, 6) is 0.529. The van der Waals surface area contributed by atoms with Crippen LogP contribution in [0.1, 0.15) is 22.7 Å². The Balaban J connectivity index is 3.31. The lowest BCUT2D eigenvalue weighted by Gasteiger charge is -2.20. The number of ether oxygens (including phenoxy) is 2. The lowest BCUT2D eigenvalue weighted by atomic mass is 9.94. The highest BCUT2D eigenvalue weighted by Gasteiger charge is 2.20. The first kappa shape index (κ1) is 13.9. The summed E-state index contributed by atoms with van der Waals surface area (Å²) in [6, 6.07) is 0. The van der Waals surface area contributed by atoms with E-state index in [0.29, 0.717) is 18.9 Å². The number of hydrogen-bond donors (Lipinski definition) is 2. The number of hydrogen-bond acceptors (Lipinski definition) is 5. The highest BCUT2D eigenvalue weighted by Crippen LogP contribution is 2.31. The van der Waals surface area contributed by atoms with Gasteiger partial charge in [-0.3, -0.25) is 4.98 Å². The Bertz CT molecular complexity index is 365. The molecule has 5 heteroatoms. The maximum Gasteiger partial charge on any atom is 0.144 e. The van der Waals surface area contributed by atoms with Gasteiger partial charge in [-0.05, 0) is 6.92 Å². The van der Waals surface area contributed by atoms with E-state index in [1.165, 1.54) is 0 Å². The zero-order chi connectivity index (χ0) is 12.8. The highest BCUT2D eigenvalue weighted by molar-refractivity contribution is 5.44. The number of rotatable bonds is 6. The van der Waals surface area contributed by atoms with Crippen LogP contribution in [-0.4, -0.2) is 37.5 Å². The van der Waals surface area contributed by atoms with E-state index in [4.69, 9.17) is 15.2 Å². The van der Waals surface area contributed by atoms with Crippen LogP contribution in [0.4, 0.5) is 0 Å². The first-order valence-electron chi connectivity index (χ1n) is 5.51. The number of nitrogens with two attached hydrogens (primary N) is 1. The Morgan fingerprint density at radius 1 is 1.47 bits per heavy atom. The zero-order valence-electron chi connectivity index (χ0n) is 10.6. The third-order valence-electron chi connectivity index (χ3n) is 2.75. The maximum absolute atomic E-state index is 9.39. The fourth-order valence-electron chi connectivity index (χ4n) is 1.90. The molecule has 0 aliphatic carbocycles. The molecule has 1 aromatic rings. The fourth-order valence-corrected chi connectivity index (χ4v) is 1.90. The molecule has 96 valence electrons. The number of aliphatic hydroxyl groups excluding tert-OH is 1. The number of pyridine rings is 1. The Morgan fingerprint density at radius 3 is 2.65 bits per heavy atom. The summed E-state index contributed by atoms with van der Waals surface area (Å²) in [5.41, 5.74) is 8.26. The Hall–Kier alpha value is -1.17. The number of aryl methyl sites for hydroxylation is 1. The monoisotopic (exact) mass is 240 g/mol. The van der Waals surface area contributed by atoms with Crippen molar-refractivity contribution in [2.75, 3.05) is 27.4 Å². The smallest absolute Gasteiger partial charge is 0.144 e. The quantitative estimate of drug-likeness (QED) is 0.760. The molecule has 0 aliphatic rings. The minimum absolute atomic E-state index is 0.0208. The van der Waals surface area contributed by atoms with Crippen LogP contribution in [0.3, 0.4) is 0 Å². The molecule has 1 atom stereocenters. The van der Waals surface area contributed by atoms with Crippen LogP contribution in [0, 0.1) is 6.92 Å². The second-order valence-electron chi connectivity index (χ2n) is 3.86. The summed E-state index contributed by atoms with van der Waals surface area (Å²) in [4.78, 5) is 4.25. The predicted octanol–water partition coefficient (Wildman–Crippen LogP) is 0.580. The Labute approximate surface area is 102 Å². The normalized spacial score (nSPS) is 12.5. The number of methoxy groups -OCH3 is 2. The molecule has 0 amide bonds. The van der Waals surface area contributed by atoms with E-state index in [1.54, 1.807) is 20.4 Å². The number of nitrogens with zero attached hydrogens (tertiary/aromatic N) is 1. The Kier molecular flexibility index (Phi) is 5.34. The van der Waals surface area contributed by atoms with Gasteiger partial charge in [-0.25, -0.2) is 0 Å². The van der Waals surface area contributed by atoms with E-state index in [-0.39, 0.29) is 12.5 Å². The molecule has 0 aliphatic heterocycles. The van der Waals surface area contributed by atoms with Crippen molar-refractivity contribution in [2.24, 2.45) is 5.73 Å². The minimum Gasteiger partial charge on any atom is -0.495 e. The topological polar surface area (TPSA) is 77.6 Å². The molecule has 0 spiro atoms. The molecule has 0 bridgehead atoms. The molecule has 0 fully saturated rings. The molecule has 1 unspecified atom stereocenters. The number of aliphatic hydroxyl groups is 1. The average Bonchev–Trinajstić information content (AvgIpc) is 2.34. The first-order chi connectivity index (χ1) is 8.19. The second-order valence-corrected chi connectivity index (χ2v) is 3.86. The molecule has 5 nitrogen and oxygen atoms in total. The highest BCUT2D eigenvalue weighted by atomic mass is 16.5. The summed E-state index contributed by atoms with van der Waals surface area (Å²) in [6.07, 6.45) is 1.75. The summed E-state index contributed by atoms with van der Waals surface area (Å²) in [5, 5.41) is 9.39. The Morgan fingerprint density at radius 2 is 2.18 bits per heavy atom. The van der Waals surface area contributed by atoms with Crippen molar-refractivity contribution >= 4 is 0 Å². The van der Waals surface area contributed by atoms with Gasteiger partial charge in [-0.2, -0.15) is 0 Å². The number of aromatic nitrogens is 1. The van der Waals surface area contributed by atoms with Crippen LogP contribution in [0.2, 0.25) is 0 Å². The summed E-state index contributed by atoms with van der Waals surface area (Å²) in [6.45, 7) is 2.62. The van der Waals surface area contributed by atoms with Gasteiger partial charge in [-0.15, -0.1) is 0 Å². The van der Waals surface area contributed by atoms with Crippen LogP contribution in [0.15, 0.2) is 6.20 Å². The van der Waals surface area contributed by atoms with E-state index in [0.717, 1.165) is 16.8 Å². The molecule has 0 radical (unpaired) electrons. The van der Waals surface area contributed by atoms with Crippen molar-refractivity contribution in [1.29, 1.82) is 0 Å². The standard InChI is InChI=1S/C12H20N2O3/c1-8-12(17-3)11(9(4-13)6-15)10(5-14-8)7-16-2/h5,9,15H,4,6-7,13H2,1-3H3. The maximum atomic E-state index is 9.39. The van der Waals surface area contributed by atoms with Gasteiger partial charge in [0.2, 0.25) is 0 Å². The molecule has 17 heavy (non-hydrogen) atoms. The zero-order valence-corrected chi connectivity index (χ0v) is 10.6. The average molecular weight is 240 g/mol. The molecule has 0 aromatic carbocycles. The lowest BCUT2D eigenvalue weighted by molar-refractivity contribution is 0.181. The molecule has 0 saturated carbocycles. The first-order valence-corrected chi connectivity index (χ1v) is 5.51. The van der Waals surface area contributed by atoms with Crippen molar-refractivity contribution in [3.8, 4) is 5.75 Å². The van der Waals surface area contributed by atoms with Gasteiger partial charge >= 0.3 is 0 Å². The van der Waals surface area contributed by atoms with Gasteiger partial charge < -0.3 is 20.3 Å². The molecule has 3 N–H and O–H groups in total. The minimum atomic E-state index is -0.156. The van der Waals surface area contributed by atoms with E-state index >= 15 is 0 Å². The van der Waals surface area contributed by atoms with Crippen molar-refractivity contribution < 1.29 is 14.6 Å². The van der Waals surface area contributed by atoms with Gasteiger partial charge in [0.25, 0.3) is 0 Å². The largest absolute Gasteiger partial charge is 0.495 e. The summed E-state index contributed by atoms with van der Waals surface area (Å²) < 4.78 is 10.5. The molecule has 1 aromatic heterocycles. The molecule has 1 rings (SSSR count). The van der Waals surface area contributed by atoms with Gasteiger partial charge in [0.05, 0.1) is 26.0 Å². The SMILES string of the molecule is COCc1cnc(C)c(OC)c1C(CN)CO. The third-order valence-corrected chi connectivity index (χ3v) is 2.75. The van der Waals surface area contributed by atoms with Crippen molar-refractivity contribution in [1.82, 2.24) is 4.98 Å². The predicted molar refractivity (Wildman–Crippen MR) is 65.1 cm³/mol. The van der Waals surface area contributed by atoms with Crippen molar-refractivity contribution in [2.45, 2.75) is 19.4 Å². The van der Waals surface area contributed by atoms with Crippen LogP contribution >= 0.6 is 0 Å². The molecule has 0 saturated heterocycles. The van der Waals surface area contributed by atoms with Crippen LogP contribution in [0.5, 0.6) is 5.75 Å². The van der Waals surface area contributed by atoms with E-state index in [2.05, 4.69) is 4.98 Å². The van der Waals surface area contributed by atoms with E-state index < -0.39 is 0 Å². The second kappa shape index (κ2) is 6.54. The lowest BCUT2D eigenvalue weighted by Crippen LogP contribution is -2.19. The van der Waals surface area contributed by atoms with Gasteiger partial charge in [0.15, 0.2) is 0 Å². The van der Waals surface area contributed by atoms with Crippen molar-refractivity contribution in [3.63, 3.8) is 0 Å². The van der Waals surface area contributed by atoms with Crippen LogP contribution < -0.4 is 10.5 Å². The van der Waals surface area contributed by atoms with E-state index in [1.807, 2.05) is 6.92 Å². The van der Waals surface area contributed by atoms with Crippen molar-refractivity contribution in [3.05, 3.63) is 23.0 Å².